The summed E-state index contributed by atoms with van der Waals surface area (Å²) in [5.74, 6) is 0.107. The molecule has 1 amide bonds. The van der Waals surface area contributed by atoms with E-state index in [0.717, 1.165) is 6.54 Å². The molecule has 1 unspecified atom stereocenters. The lowest BCUT2D eigenvalue weighted by Gasteiger charge is -2.19. The molecule has 1 heterocycles. The summed E-state index contributed by atoms with van der Waals surface area (Å²) < 4.78 is 4.90. The van der Waals surface area contributed by atoms with Crippen LogP contribution in [0.5, 0.6) is 0 Å². The number of amides is 1. The van der Waals surface area contributed by atoms with E-state index >= 15 is 0 Å². The summed E-state index contributed by atoms with van der Waals surface area (Å²) in [6, 6.07) is 0.573. The monoisotopic (exact) mass is 285 g/mol. The zero-order valence-corrected chi connectivity index (χ0v) is 13.1. The molecule has 5 nitrogen and oxygen atoms in total. The highest BCUT2D eigenvalue weighted by Gasteiger charge is 2.15. The van der Waals surface area contributed by atoms with Crippen molar-refractivity contribution in [2.24, 2.45) is 0 Å². The Labute approximate surface area is 123 Å². The Morgan fingerprint density at radius 2 is 2.15 bits per heavy atom. The third-order valence-corrected chi connectivity index (χ3v) is 3.77. The minimum absolute atomic E-state index is 0.107. The molecule has 1 saturated heterocycles. The van der Waals surface area contributed by atoms with Crippen molar-refractivity contribution >= 4 is 5.91 Å². The molecule has 0 aromatic heterocycles. The van der Waals surface area contributed by atoms with E-state index in [2.05, 4.69) is 22.5 Å². The Kier molecular flexibility index (Phi) is 9.62. The summed E-state index contributed by atoms with van der Waals surface area (Å²) >= 11 is 0. The first-order valence-corrected chi connectivity index (χ1v) is 7.97. The smallest absolute Gasteiger partial charge is 0.221 e. The lowest BCUT2D eigenvalue weighted by Crippen LogP contribution is -2.35. The number of hydrogen-bond acceptors (Lipinski definition) is 4. The van der Waals surface area contributed by atoms with Crippen molar-refractivity contribution in [3.8, 4) is 0 Å². The van der Waals surface area contributed by atoms with Crippen molar-refractivity contribution in [2.75, 3.05) is 46.4 Å². The predicted molar refractivity (Wildman–Crippen MR) is 81.9 cm³/mol. The third kappa shape index (κ3) is 7.82. The second-order valence-corrected chi connectivity index (χ2v) is 5.52. The van der Waals surface area contributed by atoms with Gasteiger partial charge in [0.25, 0.3) is 0 Å². The summed E-state index contributed by atoms with van der Waals surface area (Å²) in [5, 5.41) is 6.37. The predicted octanol–water partition coefficient (Wildman–Crippen LogP) is 0.993. The van der Waals surface area contributed by atoms with Gasteiger partial charge in [-0.1, -0.05) is 6.92 Å². The standard InChI is InChI=1S/C15H31N3O2/c1-3-10-18-11-4-5-14(7-12-18)16-8-6-15(19)17-9-13-20-2/h14,16H,3-13H2,1-2H3,(H,17,19). The summed E-state index contributed by atoms with van der Waals surface area (Å²) in [5.41, 5.74) is 0. The first-order valence-electron chi connectivity index (χ1n) is 7.97. The van der Waals surface area contributed by atoms with Crippen LogP contribution in [0.3, 0.4) is 0 Å². The van der Waals surface area contributed by atoms with Crippen LogP contribution in [0, 0.1) is 0 Å². The summed E-state index contributed by atoms with van der Waals surface area (Å²) in [6.45, 7) is 7.82. The maximum Gasteiger partial charge on any atom is 0.221 e. The van der Waals surface area contributed by atoms with Crippen LogP contribution in [0.1, 0.15) is 39.0 Å². The van der Waals surface area contributed by atoms with Crippen molar-refractivity contribution in [1.29, 1.82) is 0 Å². The fraction of sp³-hybridized carbons (Fsp3) is 0.933. The molecule has 0 aromatic carbocycles. The zero-order chi connectivity index (χ0) is 14.6. The molecule has 118 valence electrons. The molecule has 0 aromatic rings. The lowest BCUT2D eigenvalue weighted by atomic mass is 10.1. The van der Waals surface area contributed by atoms with Crippen LogP contribution in [0.2, 0.25) is 0 Å². The Hall–Kier alpha value is -0.650. The first-order chi connectivity index (χ1) is 9.76. The van der Waals surface area contributed by atoms with E-state index in [4.69, 9.17) is 4.74 Å². The van der Waals surface area contributed by atoms with Gasteiger partial charge in [0, 0.05) is 32.7 Å². The average Bonchev–Trinajstić information content (AvgIpc) is 2.65. The van der Waals surface area contributed by atoms with Crippen LogP contribution in [0.4, 0.5) is 0 Å². The molecule has 0 saturated carbocycles. The molecular formula is C15H31N3O2. The Morgan fingerprint density at radius 3 is 2.90 bits per heavy atom. The average molecular weight is 285 g/mol. The van der Waals surface area contributed by atoms with E-state index in [0.29, 0.717) is 25.6 Å². The van der Waals surface area contributed by atoms with Gasteiger partial charge in [-0.05, 0) is 45.3 Å². The van der Waals surface area contributed by atoms with Gasteiger partial charge in [-0.2, -0.15) is 0 Å². The number of nitrogens with one attached hydrogen (secondary N) is 2. The molecular weight excluding hydrogens is 254 g/mol. The van der Waals surface area contributed by atoms with Gasteiger partial charge in [0.1, 0.15) is 0 Å². The summed E-state index contributed by atoms with van der Waals surface area (Å²) in [4.78, 5) is 14.1. The quantitative estimate of drug-likeness (QED) is 0.621. The topological polar surface area (TPSA) is 53.6 Å². The van der Waals surface area contributed by atoms with E-state index in [1.54, 1.807) is 7.11 Å². The van der Waals surface area contributed by atoms with Crippen LogP contribution < -0.4 is 10.6 Å². The molecule has 0 aliphatic carbocycles. The molecule has 20 heavy (non-hydrogen) atoms. The van der Waals surface area contributed by atoms with Gasteiger partial charge in [0.15, 0.2) is 0 Å². The molecule has 1 aliphatic rings. The second kappa shape index (κ2) is 11.1. The number of ether oxygens (including phenoxy) is 1. The number of methoxy groups -OCH3 is 1. The number of hydrogen-bond donors (Lipinski definition) is 2. The van der Waals surface area contributed by atoms with Gasteiger partial charge < -0.3 is 20.3 Å². The Bertz CT molecular complexity index is 262. The van der Waals surface area contributed by atoms with Gasteiger partial charge in [0.05, 0.1) is 6.61 Å². The molecule has 1 aliphatic heterocycles. The minimum atomic E-state index is 0.107. The van der Waals surface area contributed by atoms with Gasteiger partial charge in [0.2, 0.25) is 5.91 Å². The zero-order valence-electron chi connectivity index (χ0n) is 13.1. The van der Waals surface area contributed by atoms with Crippen molar-refractivity contribution in [2.45, 2.75) is 45.1 Å². The summed E-state index contributed by atoms with van der Waals surface area (Å²) in [6.07, 6.45) is 5.48. The van der Waals surface area contributed by atoms with Crippen LogP contribution in [0.15, 0.2) is 0 Å². The normalized spacial score (nSPS) is 20.6. The van der Waals surface area contributed by atoms with Crippen LogP contribution in [-0.2, 0) is 9.53 Å². The van der Waals surface area contributed by atoms with Gasteiger partial charge in [-0.25, -0.2) is 0 Å². The molecule has 1 rings (SSSR count). The van der Waals surface area contributed by atoms with Gasteiger partial charge in [-0.15, -0.1) is 0 Å². The van der Waals surface area contributed by atoms with E-state index in [1.165, 1.54) is 45.3 Å². The van der Waals surface area contributed by atoms with E-state index in [-0.39, 0.29) is 5.91 Å². The molecule has 0 spiro atoms. The highest BCUT2D eigenvalue weighted by atomic mass is 16.5. The molecule has 1 fully saturated rings. The van der Waals surface area contributed by atoms with Crippen molar-refractivity contribution in [1.82, 2.24) is 15.5 Å². The molecule has 2 N–H and O–H groups in total. The number of rotatable bonds is 9. The largest absolute Gasteiger partial charge is 0.383 e. The first kappa shape index (κ1) is 17.4. The van der Waals surface area contributed by atoms with Crippen LogP contribution in [0.25, 0.3) is 0 Å². The van der Waals surface area contributed by atoms with Crippen LogP contribution >= 0.6 is 0 Å². The molecule has 0 radical (unpaired) electrons. The van der Waals surface area contributed by atoms with E-state index < -0.39 is 0 Å². The Balaban J connectivity index is 2.08. The van der Waals surface area contributed by atoms with Crippen LogP contribution in [-0.4, -0.2) is 63.3 Å². The summed E-state index contributed by atoms with van der Waals surface area (Å²) in [7, 11) is 1.64. The van der Waals surface area contributed by atoms with Crippen molar-refractivity contribution in [3.63, 3.8) is 0 Å². The number of likely N-dealkylation sites (tertiary alicyclic amines) is 1. The van der Waals surface area contributed by atoms with Gasteiger partial charge in [-0.3, -0.25) is 4.79 Å². The fourth-order valence-electron chi connectivity index (χ4n) is 2.67. The number of nitrogens with zero attached hydrogens (tertiary/aromatic N) is 1. The van der Waals surface area contributed by atoms with Gasteiger partial charge >= 0.3 is 0 Å². The minimum Gasteiger partial charge on any atom is -0.383 e. The van der Waals surface area contributed by atoms with Crippen molar-refractivity contribution < 1.29 is 9.53 Å². The van der Waals surface area contributed by atoms with E-state index in [9.17, 15) is 4.79 Å². The fourth-order valence-corrected chi connectivity index (χ4v) is 2.67. The van der Waals surface area contributed by atoms with E-state index in [1.807, 2.05) is 0 Å². The Morgan fingerprint density at radius 1 is 1.30 bits per heavy atom. The highest BCUT2D eigenvalue weighted by molar-refractivity contribution is 5.76. The SMILES string of the molecule is CCCN1CCCC(NCCC(=O)NCCOC)CC1. The second-order valence-electron chi connectivity index (χ2n) is 5.52. The van der Waals surface area contributed by atoms with Crippen molar-refractivity contribution in [3.05, 3.63) is 0 Å². The number of carbonyl (C=O) groups excluding carboxylic acids is 1. The molecule has 5 heteroatoms. The highest BCUT2D eigenvalue weighted by Crippen LogP contribution is 2.11. The third-order valence-electron chi connectivity index (χ3n) is 3.77. The molecule has 0 bridgehead atoms. The molecule has 1 atom stereocenters. The maximum atomic E-state index is 11.5. The maximum absolute atomic E-state index is 11.5. The number of carbonyl (C=O) groups is 1. The lowest BCUT2D eigenvalue weighted by molar-refractivity contribution is -0.121.